The maximum absolute atomic E-state index is 12.0. The standard InChI is InChI=1S/C19H35NO4/c1-4-23-13-6-14-24-12-5-7-18(21)20-17-10-8-16(9-11-17)19(22)15(2)3/h15-17H,4-14H2,1-3H3,(H,20,21). The van der Waals surface area contributed by atoms with Crippen LogP contribution in [0.2, 0.25) is 0 Å². The van der Waals surface area contributed by atoms with Crippen molar-refractivity contribution in [3.05, 3.63) is 0 Å². The third-order valence-corrected chi connectivity index (χ3v) is 4.54. The van der Waals surface area contributed by atoms with E-state index in [0.29, 0.717) is 25.4 Å². The zero-order chi connectivity index (χ0) is 17.8. The predicted octanol–water partition coefficient (Wildman–Crippen LogP) is 3.11. The zero-order valence-electron chi connectivity index (χ0n) is 15.6. The maximum atomic E-state index is 12.0. The van der Waals surface area contributed by atoms with E-state index in [1.54, 1.807) is 0 Å². The lowest BCUT2D eigenvalue weighted by Crippen LogP contribution is -2.39. The van der Waals surface area contributed by atoms with Gasteiger partial charge in [0.15, 0.2) is 0 Å². The molecule has 0 unspecified atom stereocenters. The van der Waals surface area contributed by atoms with Crippen LogP contribution in [0.4, 0.5) is 0 Å². The number of ether oxygens (including phenoxy) is 2. The summed E-state index contributed by atoms with van der Waals surface area (Å²) in [5.41, 5.74) is 0. The molecule has 24 heavy (non-hydrogen) atoms. The van der Waals surface area contributed by atoms with Gasteiger partial charge in [0.25, 0.3) is 0 Å². The molecule has 0 heterocycles. The average molecular weight is 341 g/mol. The Bertz CT molecular complexity index is 362. The minimum Gasteiger partial charge on any atom is -0.382 e. The Hall–Kier alpha value is -0.940. The molecule has 0 atom stereocenters. The molecule has 0 saturated heterocycles. The van der Waals surface area contributed by atoms with Gasteiger partial charge in [0.1, 0.15) is 5.78 Å². The Kier molecular flexibility index (Phi) is 10.9. The van der Waals surface area contributed by atoms with Crippen molar-refractivity contribution < 1.29 is 19.1 Å². The molecule has 0 bridgehead atoms. The van der Waals surface area contributed by atoms with E-state index in [2.05, 4.69) is 5.32 Å². The first-order valence-electron chi connectivity index (χ1n) is 9.53. The fourth-order valence-electron chi connectivity index (χ4n) is 3.14. The van der Waals surface area contributed by atoms with Gasteiger partial charge in [-0.25, -0.2) is 0 Å². The van der Waals surface area contributed by atoms with E-state index in [4.69, 9.17) is 9.47 Å². The number of hydrogen-bond acceptors (Lipinski definition) is 4. The van der Waals surface area contributed by atoms with Crippen molar-refractivity contribution in [3.63, 3.8) is 0 Å². The molecule has 5 heteroatoms. The molecule has 0 radical (unpaired) electrons. The topological polar surface area (TPSA) is 64.6 Å². The monoisotopic (exact) mass is 341 g/mol. The number of carbonyl (C=O) groups is 2. The minimum absolute atomic E-state index is 0.103. The second-order valence-corrected chi connectivity index (χ2v) is 6.94. The van der Waals surface area contributed by atoms with Crippen molar-refractivity contribution in [2.45, 2.75) is 71.8 Å². The molecule has 1 rings (SSSR count). The highest BCUT2D eigenvalue weighted by Crippen LogP contribution is 2.27. The lowest BCUT2D eigenvalue weighted by molar-refractivity contribution is -0.127. The lowest BCUT2D eigenvalue weighted by Gasteiger charge is -2.29. The highest BCUT2D eigenvalue weighted by atomic mass is 16.5. The molecule has 140 valence electrons. The summed E-state index contributed by atoms with van der Waals surface area (Å²) in [6.45, 7) is 8.70. The average Bonchev–Trinajstić information content (AvgIpc) is 2.57. The Morgan fingerprint density at radius 3 is 2.25 bits per heavy atom. The van der Waals surface area contributed by atoms with Crippen molar-refractivity contribution in [2.75, 3.05) is 26.4 Å². The van der Waals surface area contributed by atoms with Crippen LogP contribution in [-0.4, -0.2) is 44.2 Å². The summed E-state index contributed by atoms with van der Waals surface area (Å²) in [6, 6.07) is 0.237. The third kappa shape index (κ3) is 8.78. The number of Topliss-reactive ketones (excluding diaryl/α,β-unsaturated/α-hetero) is 1. The summed E-state index contributed by atoms with van der Waals surface area (Å²) >= 11 is 0. The quantitative estimate of drug-likeness (QED) is 0.554. The molecule has 1 N–H and O–H groups in total. The Morgan fingerprint density at radius 2 is 1.62 bits per heavy atom. The molecule has 1 aliphatic carbocycles. The largest absolute Gasteiger partial charge is 0.382 e. The molecule has 1 saturated carbocycles. The van der Waals surface area contributed by atoms with Gasteiger partial charge in [-0.3, -0.25) is 9.59 Å². The smallest absolute Gasteiger partial charge is 0.220 e. The SMILES string of the molecule is CCOCCCOCCCC(=O)NC1CCC(C(=O)C(C)C)CC1. The summed E-state index contributed by atoms with van der Waals surface area (Å²) in [4.78, 5) is 24.0. The van der Waals surface area contributed by atoms with Gasteiger partial charge in [0.2, 0.25) is 5.91 Å². The molecule has 0 aromatic carbocycles. The van der Waals surface area contributed by atoms with Crippen LogP contribution >= 0.6 is 0 Å². The van der Waals surface area contributed by atoms with Crippen LogP contribution in [0.3, 0.4) is 0 Å². The highest BCUT2D eigenvalue weighted by molar-refractivity contribution is 5.83. The molecular formula is C19H35NO4. The first-order valence-corrected chi connectivity index (χ1v) is 9.53. The third-order valence-electron chi connectivity index (χ3n) is 4.54. The van der Waals surface area contributed by atoms with Gasteiger partial charge in [-0.15, -0.1) is 0 Å². The normalized spacial score (nSPS) is 21.0. The van der Waals surface area contributed by atoms with Crippen LogP contribution in [0.5, 0.6) is 0 Å². The van der Waals surface area contributed by atoms with Crippen molar-refractivity contribution in [2.24, 2.45) is 11.8 Å². The summed E-state index contributed by atoms with van der Waals surface area (Å²) in [5, 5.41) is 3.10. The van der Waals surface area contributed by atoms with E-state index < -0.39 is 0 Å². The first-order chi connectivity index (χ1) is 11.5. The molecule has 1 amide bonds. The van der Waals surface area contributed by atoms with E-state index in [0.717, 1.165) is 51.7 Å². The Balaban J connectivity index is 2.03. The van der Waals surface area contributed by atoms with Gasteiger partial charge >= 0.3 is 0 Å². The highest BCUT2D eigenvalue weighted by Gasteiger charge is 2.27. The van der Waals surface area contributed by atoms with Crippen LogP contribution < -0.4 is 5.32 Å². The number of ketones is 1. The molecule has 0 aromatic heterocycles. The van der Waals surface area contributed by atoms with Crippen molar-refractivity contribution >= 4 is 11.7 Å². The van der Waals surface area contributed by atoms with E-state index in [1.165, 1.54) is 0 Å². The number of rotatable bonds is 12. The van der Waals surface area contributed by atoms with Gasteiger partial charge in [-0.2, -0.15) is 0 Å². The zero-order valence-corrected chi connectivity index (χ0v) is 15.6. The Morgan fingerprint density at radius 1 is 1.00 bits per heavy atom. The van der Waals surface area contributed by atoms with Gasteiger partial charge in [0, 0.05) is 50.7 Å². The number of carbonyl (C=O) groups excluding carboxylic acids is 2. The van der Waals surface area contributed by atoms with Crippen molar-refractivity contribution in [3.8, 4) is 0 Å². The summed E-state index contributed by atoms with van der Waals surface area (Å²) in [7, 11) is 0. The van der Waals surface area contributed by atoms with Crippen LogP contribution in [0, 0.1) is 11.8 Å². The maximum Gasteiger partial charge on any atom is 0.220 e. The second kappa shape index (κ2) is 12.4. The lowest BCUT2D eigenvalue weighted by atomic mass is 9.80. The van der Waals surface area contributed by atoms with E-state index in [9.17, 15) is 9.59 Å². The second-order valence-electron chi connectivity index (χ2n) is 6.94. The molecule has 5 nitrogen and oxygen atoms in total. The van der Waals surface area contributed by atoms with Gasteiger partial charge in [-0.1, -0.05) is 13.8 Å². The van der Waals surface area contributed by atoms with Crippen molar-refractivity contribution in [1.82, 2.24) is 5.32 Å². The van der Waals surface area contributed by atoms with E-state index in [-0.39, 0.29) is 23.8 Å². The number of hydrogen-bond donors (Lipinski definition) is 1. The van der Waals surface area contributed by atoms with E-state index >= 15 is 0 Å². The first kappa shape index (κ1) is 21.1. The van der Waals surface area contributed by atoms with Crippen molar-refractivity contribution in [1.29, 1.82) is 0 Å². The van der Waals surface area contributed by atoms with Gasteiger partial charge in [0.05, 0.1) is 0 Å². The summed E-state index contributed by atoms with van der Waals surface area (Å²) in [6.07, 6.45) is 5.82. The summed E-state index contributed by atoms with van der Waals surface area (Å²) in [5.74, 6) is 0.797. The molecule has 0 spiro atoms. The van der Waals surface area contributed by atoms with Crippen LogP contribution in [-0.2, 0) is 19.1 Å². The molecular weight excluding hydrogens is 306 g/mol. The predicted molar refractivity (Wildman–Crippen MR) is 94.9 cm³/mol. The van der Waals surface area contributed by atoms with Crippen LogP contribution in [0.1, 0.15) is 65.7 Å². The fourth-order valence-corrected chi connectivity index (χ4v) is 3.14. The van der Waals surface area contributed by atoms with Gasteiger partial charge < -0.3 is 14.8 Å². The van der Waals surface area contributed by atoms with Gasteiger partial charge in [-0.05, 0) is 45.4 Å². The van der Waals surface area contributed by atoms with Crippen LogP contribution in [0.25, 0.3) is 0 Å². The summed E-state index contributed by atoms with van der Waals surface area (Å²) < 4.78 is 10.7. The van der Waals surface area contributed by atoms with Crippen LogP contribution in [0.15, 0.2) is 0 Å². The molecule has 1 fully saturated rings. The molecule has 1 aliphatic rings. The fraction of sp³-hybridized carbons (Fsp3) is 0.895. The number of nitrogens with one attached hydrogen (secondary N) is 1. The molecule has 0 aliphatic heterocycles. The Labute approximate surface area is 146 Å². The number of amides is 1. The molecule has 0 aromatic rings. The minimum atomic E-state index is 0.103. The van der Waals surface area contributed by atoms with E-state index in [1.807, 2.05) is 20.8 Å².